The summed E-state index contributed by atoms with van der Waals surface area (Å²) in [6.45, 7) is 0.353. The number of rotatable bonds is 3. The van der Waals surface area contributed by atoms with Gasteiger partial charge in [-0.05, 0) is 30.3 Å². The van der Waals surface area contributed by atoms with Gasteiger partial charge in [0.2, 0.25) is 0 Å². The van der Waals surface area contributed by atoms with Crippen LogP contribution in [0.5, 0.6) is 17.2 Å². The highest BCUT2D eigenvalue weighted by atomic mass is 16.5. The zero-order valence-electron chi connectivity index (χ0n) is 12.4. The second-order valence-electron chi connectivity index (χ2n) is 4.77. The molecule has 2 aromatic carbocycles. The van der Waals surface area contributed by atoms with Crippen molar-refractivity contribution in [1.82, 2.24) is 0 Å². The van der Waals surface area contributed by atoms with Crippen LogP contribution in [0, 0.1) is 0 Å². The Hall–Kier alpha value is -2.89. The first-order chi connectivity index (χ1) is 10.7. The van der Waals surface area contributed by atoms with Crippen LogP contribution in [0.15, 0.2) is 41.4 Å². The molecule has 1 aliphatic heterocycles. The first-order valence-electron chi connectivity index (χ1n) is 6.78. The van der Waals surface area contributed by atoms with Gasteiger partial charge < -0.3 is 25.3 Å². The van der Waals surface area contributed by atoms with E-state index in [0.29, 0.717) is 35.3 Å². The lowest BCUT2D eigenvalue weighted by molar-refractivity contribution is 0.372. The Balaban J connectivity index is 1.90. The molecule has 3 N–H and O–H groups in total. The molecule has 0 aromatic heterocycles. The molecular weight excluding hydrogens is 282 g/mol. The third-order valence-electron chi connectivity index (χ3n) is 3.29. The molecule has 0 fully saturated rings. The molecule has 0 radical (unpaired) electrons. The molecule has 2 aromatic rings. The molecule has 6 heteroatoms. The van der Waals surface area contributed by atoms with E-state index in [1.54, 1.807) is 26.4 Å². The first kappa shape index (κ1) is 14.1. The Kier molecular flexibility index (Phi) is 3.74. The minimum atomic E-state index is 0.353. The predicted octanol–water partition coefficient (Wildman–Crippen LogP) is 2.82. The van der Waals surface area contributed by atoms with Crippen LogP contribution in [-0.2, 0) is 0 Å². The molecule has 0 bridgehead atoms. The number of nitrogens with one attached hydrogen (secondary N) is 1. The van der Waals surface area contributed by atoms with E-state index in [1.165, 1.54) is 0 Å². The summed E-state index contributed by atoms with van der Waals surface area (Å²) < 4.78 is 16.2. The van der Waals surface area contributed by atoms with E-state index in [4.69, 9.17) is 19.9 Å². The van der Waals surface area contributed by atoms with Crippen LogP contribution in [0.3, 0.4) is 0 Å². The third-order valence-corrected chi connectivity index (χ3v) is 3.29. The van der Waals surface area contributed by atoms with E-state index in [9.17, 15) is 0 Å². The van der Waals surface area contributed by atoms with Crippen LogP contribution in [0.25, 0.3) is 0 Å². The van der Waals surface area contributed by atoms with Gasteiger partial charge in [0, 0.05) is 11.8 Å². The summed E-state index contributed by atoms with van der Waals surface area (Å²) in [6.07, 6.45) is 0. The van der Waals surface area contributed by atoms with E-state index in [2.05, 4.69) is 10.3 Å². The minimum Gasteiger partial charge on any atom is -0.497 e. The average Bonchev–Trinajstić information content (AvgIpc) is 2.54. The molecule has 1 aliphatic rings. The van der Waals surface area contributed by atoms with Crippen molar-refractivity contribution in [2.24, 2.45) is 4.99 Å². The van der Waals surface area contributed by atoms with Gasteiger partial charge >= 0.3 is 0 Å². The molecule has 0 saturated heterocycles. The molecule has 0 saturated carbocycles. The lowest BCUT2D eigenvalue weighted by atomic mass is 10.2. The molecule has 0 atom stereocenters. The largest absolute Gasteiger partial charge is 0.497 e. The molecule has 0 unspecified atom stereocenters. The second-order valence-corrected chi connectivity index (χ2v) is 4.77. The number of nitrogens with zero attached hydrogens (tertiary/aromatic N) is 1. The fourth-order valence-electron chi connectivity index (χ4n) is 2.19. The quantitative estimate of drug-likeness (QED) is 0.852. The molecule has 0 spiro atoms. The highest BCUT2D eigenvalue weighted by Gasteiger charge is 2.15. The van der Waals surface area contributed by atoms with E-state index in [0.717, 1.165) is 11.4 Å². The molecule has 22 heavy (non-hydrogen) atoms. The van der Waals surface area contributed by atoms with Gasteiger partial charge in [-0.15, -0.1) is 0 Å². The molecule has 0 aliphatic carbocycles. The Morgan fingerprint density at radius 3 is 2.77 bits per heavy atom. The van der Waals surface area contributed by atoms with Gasteiger partial charge in [0.05, 0.1) is 19.9 Å². The normalized spacial score (nSPS) is 14.7. The maximum Gasteiger partial charge on any atom is 0.148 e. The van der Waals surface area contributed by atoms with Crippen LogP contribution in [-0.4, -0.2) is 26.7 Å². The van der Waals surface area contributed by atoms with E-state index < -0.39 is 0 Å². The lowest BCUT2D eigenvalue weighted by Crippen LogP contribution is -2.25. The second kappa shape index (κ2) is 5.85. The number of methoxy groups -OCH3 is 2. The fraction of sp³-hybridized carbons (Fsp3) is 0.188. The van der Waals surface area contributed by atoms with Gasteiger partial charge in [0.15, 0.2) is 0 Å². The number of hydrogen-bond donors (Lipinski definition) is 2. The van der Waals surface area contributed by atoms with Crippen molar-refractivity contribution in [1.29, 1.82) is 0 Å². The van der Waals surface area contributed by atoms with E-state index in [-0.39, 0.29) is 0 Å². The predicted molar refractivity (Wildman–Crippen MR) is 86.6 cm³/mol. The zero-order chi connectivity index (χ0) is 15.5. The Morgan fingerprint density at radius 1 is 1.14 bits per heavy atom. The van der Waals surface area contributed by atoms with Crippen molar-refractivity contribution in [3.05, 3.63) is 36.4 Å². The van der Waals surface area contributed by atoms with Crippen LogP contribution < -0.4 is 25.3 Å². The zero-order valence-corrected chi connectivity index (χ0v) is 12.4. The number of fused-ring (bicyclic) bond motifs is 1. The van der Waals surface area contributed by atoms with Crippen molar-refractivity contribution >= 4 is 22.9 Å². The number of aliphatic imine (C=N–C) groups is 1. The molecule has 3 rings (SSSR count). The number of nitrogens with two attached hydrogens (primary N) is 1. The number of hydrogen-bond acceptors (Lipinski definition) is 5. The Morgan fingerprint density at radius 2 is 2.00 bits per heavy atom. The maximum atomic E-state index is 5.79. The van der Waals surface area contributed by atoms with Crippen LogP contribution >= 0.6 is 0 Å². The van der Waals surface area contributed by atoms with Gasteiger partial charge in [-0.1, -0.05) is 0 Å². The van der Waals surface area contributed by atoms with Gasteiger partial charge in [0.1, 0.15) is 35.4 Å². The highest BCUT2D eigenvalue weighted by Crippen LogP contribution is 2.33. The van der Waals surface area contributed by atoms with Crippen molar-refractivity contribution < 1.29 is 14.2 Å². The van der Waals surface area contributed by atoms with Crippen LogP contribution in [0.4, 0.5) is 17.1 Å². The molecular formula is C16H17N3O3. The SMILES string of the molecule is COc1ccc(N=C2COc3ccc(N)cc3N2)c(OC)c1. The van der Waals surface area contributed by atoms with E-state index >= 15 is 0 Å². The summed E-state index contributed by atoms with van der Waals surface area (Å²) >= 11 is 0. The Bertz CT molecular complexity index is 729. The number of amidine groups is 1. The average molecular weight is 299 g/mol. The molecule has 6 nitrogen and oxygen atoms in total. The van der Waals surface area contributed by atoms with E-state index in [1.807, 2.05) is 24.3 Å². The van der Waals surface area contributed by atoms with Crippen molar-refractivity contribution in [2.45, 2.75) is 0 Å². The number of nitrogen functional groups attached to an aromatic ring is 1. The summed E-state index contributed by atoms with van der Waals surface area (Å²) in [6, 6.07) is 10.9. The minimum absolute atomic E-state index is 0.353. The van der Waals surface area contributed by atoms with Gasteiger partial charge in [0.25, 0.3) is 0 Å². The molecule has 0 amide bonds. The number of benzene rings is 2. The van der Waals surface area contributed by atoms with Crippen molar-refractivity contribution in [2.75, 3.05) is 31.9 Å². The summed E-state index contributed by atoms with van der Waals surface area (Å²) in [7, 11) is 3.21. The van der Waals surface area contributed by atoms with Gasteiger partial charge in [-0.3, -0.25) is 0 Å². The van der Waals surface area contributed by atoms with Crippen molar-refractivity contribution in [3.63, 3.8) is 0 Å². The number of ether oxygens (including phenoxy) is 3. The maximum absolute atomic E-state index is 5.79. The van der Waals surface area contributed by atoms with Gasteiger partial charge in [-0.25, -0.2) is 4.99 Å². The Labute approximate surface area is 128 Å². The monoisotopic (exact) mass is 299 g/mol. The third kappa shape index (κ3) is 2.76. The fourth-order valence-corrected chi connectivity index (χ4v) is 2.19. The van der Waals surface area contributed by atoms with Crippen LogP contribution in [0.1, 0.15) is 0 Å². The summed E-state index contributed by atoms with van der Waals surface area (Å²) in [5.41, 5.74) is 7.95. The lowest BCUT2D eigenvalue weighted by Gasteiger charge is -2.21. The van der Waals surface area contributed by atoms with Gasteiger partial charge in [-0.2, -0.15) is 0 Å². The summed E-state index contributed by atoms with van der Waals surface area (Å²) in [5, 5.41) is 3.22. The topological polar surface area (TPSA) is 78.1 Å². The summed E-state index contributed by atoms with van der Waals surface area (Å²) in [4.78, 5) is 4.55. The smallest absolute Gasteiger partial charge is 0.148 e. The number of anilines is 2. The van der Waals surface area contributed by atoms with Crippen LogP contribution in [0.2, 0.25) is 0 Å². The highest BCUT2D eigenvalue weighted by molar-refractivity contribution is 6.01. The standard InChI is InChI=1S/C16H17N3O3/c1-20-11-4-5-12(15(8-11)21-2)18-16-9-22-14-6-3-10(17)7-13(14)19-16/h3-8H,9,17H2,1-2H3,(H,18,19). The molecule has 114 valence electrons. The molecule has 1 heterocycles. The first-order valence-corrected chi connectivity index (χ1v) is 6.78. The summed E-state index contributed by atoms with van der Waals surface area (Å²) in [5.74, 6) is 2.79. The van der Waals surface area contributed by atoms with Crippen molar-refractivity contribution in [3.8, 4) is 17.2 Å².